The number of fused-ring (bicyclic) bond motifs is 1. The first-order chi connectivity index (χ1) is 13.1. The largest absolute Gasteiger partial charge is 0.493 e. The van der Waals surface area contributed by atoms with Crippen LogP contribution in [-0.4, -0.2) is 31.8 Å². The zero-order valence-electron chi connectivity index (χ0n) is 14.8. The molecule has 0 aliphatic carbocycles. The Morgan fingerprint density at radius 2 is 1.89 bits per heavy atom. The summed E-state index contributed by atoms with van der Waals surface area (Å²) in [4.78, 5) is 17.2. The fourth-order valence-electron chi connectivity index (χ4n) is 2.70. The number of terminal acetylenes is 1. The SMILES string of the molecule is C#CCOC(=O)c1cc(-c2ccc(OC)c(OC)c2)nc2ccc(Br)cc12. The second kappa shape index (κ2) is 8.11. The van der Waals surface area contributed by atoms with E-state index in [4.69, 9.17) is 20.6 Å². The second-order valence-corrected chi connectivity index (χ2v) is 6.48. The van der Waals surface area contributed by atoms with Gasteiger partial charge in [-0.15, -0.1) is 6.42 Å². The molecular weight excluding hydrogens is 410 g/mol. The summed E-state index contributed by atoms with van der Waals surface area (Å²) in [5.74, 6) is 2.99. The fourth-order valence-corrected chi connectivity index (χ4v) is 3.06. The highest BCUT2D eigenvalue weighted by Crippen LogP contribution is 2.33. The normalized spacial score (nSPS) is 10.3. The van der Waals surface area contributed by atoms with Crippen LogP contribution < -0.4 is 9.47 Å². The summed E-state index contributed by atoms with van der Waals surface area (Å²) in [6, 6.07) is 12.7. The first-order valence-electron chi connectivity index (χ1n) is 8.00. The molecule has 0 bridgehead atoms. The third-order valence-electron chi connectivity index (χ3n) is 3.96. The first kappa shape index (κ1) is 18.7. The smallest absolute Gasteiger partial charge is 0.339 e. The number of pyridine rings is 1. The molecule has 0 saturated heterocycles. The van der Waals surface area contributed by atoms with Crippen molar-refractivity contribution in [2.75, 3.05) is 20.8 Å². The number of methoxy groups -OCH3 is 2. The summed E-state index contributed by atoms with van der Waals surface area (Å²) >= 11 is 3.42. The molecular formula is C21H16BrNO4. The molecule has 0 aliphatic rings. The molecule has 5 nitrogen and oxygen atoms in total. The summed E-state index contributed by atoms with van der Waals surface area (Å²) in [7, 11) is 3.14. The van der Waals surface area contributed by atoms with Crippen LogP contribution in [0.3, 0.4) is 0 Å². The summed E-state index contributed by atoms with van der Waals surface area (Å²) in [6.45, 7) is -0.0949. The van der Waals surface area contributed by atoms with Gasteiger partial charge in [0.05, 0.1) is 31.0 Å². The number of hydrogen-bond acceptors (Lipinski definition) is 5. The zero-order chi connectivity index (χ0) is 19.4. The summed E-state index contributed by atoms with van der Waals surface area (Å²) in [6.07, 6.45) is 5.20. The molecule has 3 rings (SSSR count). The van der Waals surface area contributed by atoms with Crippen molar-refractivity contribution in [3.8, 4) is 35.1 Å². The summed E-state index contributed by atoms with van der Waals surface area (Å²) in [5.41, 5.74) is 2.45. The highest BCUT2D eigenvalue weighted by Gasteiger charge is 2.16. The van der Waals surface area contributed by atoms with E-state index in [-0.39, 0.29) is 6.61 Å². The van der Waals surface area contributed by atoms with Crippen LogP contribution in [0.4, 0.5) is 0 Å². The number of esters is 1. The maximum atomic E-state index is 12.5. The van der Waals surface area contributed by atoms with E-state index in [0.717, 1.165) is 10.0 Å². The van der Waals surface area contributed by atoms with Gasteiger partial charge in [-0.3, -0.25) is 0 Å². The average Bonchev–Trinajstić information content (AvgIpc) is 2.70. The molecule has 3 aromatic rings. The highest BCUT2D eigenvalue weighted by molar-refractivity contribution is 9.10. The Morgan fingerprint density at radius 1 is 1.11 bits per heavy atom. The maximum absolute atomic E-state index is 12.5. The predicted octanol–water partition coefficient (Wildman–Crippen LogP) is 4.47. The Balaban J connectivity index is 2.18. The molecule has 0 atom stereocenters. The molecule has 0 spiro atoms. The topological polar surface area (TPSA) is 57.7 Å². The van der Waals surface area contributed by atoms with E-state index in [1.54, 1.807) is 26.4 Å². The van der Waals surface area contributed by atoms with Gasteiger partial charge >= 0.3 is 5.97 Å². The number of carbonyl (C=O) groups is 1. The number of halogens is 1. The number of nitrogens with zero attached hydrogens (tertiary/aromatic N) is 1. The molecule has 136 valence electrons. The van der Waals surface area contributed by atoms with Crippen LogP contribution in [0.2, 0.25) is 0 Å². The molecule has 0 fully saturated rings. The van der Waals surface area contributed by atoms with Crippen LogP contribution in [0.1, 0.15) is 10.4 Å². The van der Waals surface area contributed by atoms with Gasteiger partial charge in [-0.05, 0) is 42.5 Å². The molecule has 2 aromatic carbocycles. The number of carbonyl (C=O) groups excluding carboxylic acids is 1. The molecule has 0 unspecified atom stereocenters. The van der Waals surface area contributed by atoms with Crippen LogP contribution in [0, 0.1) is 12.3 Å². The monoisotopic (exact) mass is 425 g/mol. The molecule has 0 N–H and O–H groups in total. The van der Waals surface area contributed by atoms with Gasteiger partial charge in [-0.25, -0.2) is 9.78 Å². The third kappa shape index (κ3) is 3.88. The van der Waals surface area contributed by atoms with Crippen LogP contribution >= 0.6 is 15.9 Å². The van der Waals surface area contributed by atoms with Crippen molar-refractivity contribution >= 4 is 32.8 Å². The minimum atomic E-state index is -0.500. The minimum absolute atomic E-state index is 0.0949. The number of aromatic nitrogens is 1. The van der Waals surface area contributed by atoms with Crippen molar-refractivity contribution in [1.82, 2.24) is 4.98 Å². The third-order valence-corrected chi connectivity index (χ3v) is 4.45. The van der Waals surface area contributed by atoms with E-state index in [9.17, 15) is 4.79 Å². The Labute approximate surface area is 165 Å². The highest BCUT2D eigenvalue weighted by atomic mass is 79.9. The van der Waals surface area contributed by atoms with Gasteiger partial charge in [-0.2, -0.15) is 0 Å². The van der Waals surface area contributed by atoms with Crippen molar-refractivity contribution in [2.45, 2.75) is 0 Å². The minimum Gasteiger partial charge on any atom is -0.493 e. The van der Waals surface area contributed by atoms with E-state index in [2.05, 4.69) is 26.8 Å². The lowest BCUT2D eigenvalue weighted by Crippen LogP contribution is -2.07. The van der Waals surface area contributed by atoms with Crippen LogP contribution in [0.5, 0.6) is 11.5 Å². The Bertz CT molecular complexity index is 1060. The summed E-state index contributed by atoms with van der Waals surface area (Å²) in [5, 5.41) is 0.677. The van der Waals surface area contributed by atoms with Gasteiger partial charge in [0.2, 0.25) is 0 Å². The van der Waals surface area contributed by atoms with Crippen LogP contribution in [0.25, 0.3) is 22.2 Å². The van der Waals surface area contributed by atoms with Crippen LogP contribution in [0.15, 0.2) is 46.9 Å². The number of hydrogen-bond donors (Lipinski definition) is 0. The van der Waals surface area contributed by atoms with Crippen LogP contribution in [-0.2, 0) is 4.74 Å². The van der Waals surface area contributed by atoms with Gasteiger partial charge in [0, 0.05) is 15.4 Å². The first-order valence-corrected chi connectivity index (χ1v) is 8.80. The van der Waals surface area contributed by atoms with Gasteiger partial charge in [0.15, 0.2) is 18.1 Å². The van der Waals surface area contributed by atoms with Crippen molar-refractivity contribution < 1.29 is 19.0 Å². The van der Waals surface area contributed by atoms with E-state index in [1.807, 2.05) is 30.3 Å². The summed E-state index contributed by atoms with van der Waals surface area (Å²) < 4.78 is 16.6. The maximum Gasteiger partial charge on any atom is 0.339 e. The van der Waals surface area contributed by atoms with Gasteiger partial charge in [0.1, 0.15) is 0 Å². The van der Waals surface area contributed by atoms with Gasteiger partial charge in [-0.1, -0.05) is 21.9 Å². The Kier molecular flexibility index (Phi) is 5.63. The van der Waals surface area contributed by atoms with E-state index < -0.39 is 5.97 Å². The van der Waals surface area contributed by atoms with Crippen molar-refractivity contribution in [3.63, 3.8) is 0 Å². The van der Waals surface area contributed by atoms with Crippen molar-refractivity contribution in [1.29, 1.82) is 0 Å². The Hall–Kier alpha value is -3.04. The van der Waals surface area contributed by atoms with Gasteiger partial charge in [0.25, 0.3) is 0 Å². The molecule has 1 aromatic heterocycles. The van der Waals surface area contributed by atoms with Gasteiger partial charge < -0.3 is 14.2 Å². The van der Waals surface area contributed by atoms with Crippen molar-refractivity contribution in [2.24, 2.45) is 0 Å². The van der Waals surface area contributed by atoms with E-state index in [1.165, 1.54) is 0 Å². The lowest BCUT2D eigenvalue weighted by molar-refractivity contribution is 0.0559. The Morgan fingerprint density at radius 3 is 2.59 bits per heavy atom. The number of ether oxygens (including phenoxy) is 3. The molecule has 1 heterocycles. The molecule has 0 radical (unpaired) electrons. The van der Waals surface area contributed by atoms with E-state index in [0.29, 0.717) is 33.7 Å². The number of benzene rings is 2. The standard InChI is InChI=1S/C21H16BrNO4/c1-4-9-27-21(24)16-12-18(23-17-7-6-14(22)11-15(16)17)13-5-8-19(25-2)20(10-13)26-3/h1,5-8,10-12H,9H2,2-3H3. The average molecular weight is 426 g/mol. The lowest BCUT2D eigenvalue weighted by Gasteiger charge is -2.12. The molecule has 0 aliphatic heterocycles. The predicted molar refractivity (Wildman–Crippen MR) is 107 cm³/mol. The van der Waals surface area contributed by atoms with Crippen molar-refractivity contribution in [3.05, 3.63) is 52.5 Å². The molecule has 0 amide bonds. The van der Waals surface area contributed by atoms with E-state index >= 15 is 0 Å². The zero-order valence-corrected chi connectivity index (χ0v) is 16.4. The quantitative estimate of drug-likeness (QED) is 0.445. The molecule has 6 heteroatoms. The second-order valence-electron chi connectivity index (χ2n) is 5.57. The molecule has 27 heavy (non-hydrogen) atoms. The fraction of sp³-hybridized carbons (Fsp3) is 0.143. The molecule has 0 saturated carbocycles. The number of rotatable bonds is 5. The lowest BCUT2D eigenvalue weighted by atomic mass is 10.0.